The minimum Gasteiger partial charge on any atom is -0.508 e. The first-order valence-corrected chi connectivity index (χ1v) is 18.6. The number of hydrogen-bond donors (Lipinski definition) is 3. The Kier molecular flexibility index (Phi) is 9.38. The molecule has 0 radical (unpaired) electrons. The molecule has 0 amide bonds. The molecule has 0 spiro atoms. The Bertz CT molecular complexity index is 2080. The van der Waals surface area contributed by atoms with E-state index >= 15 is 8.78 Å². The zero-order valence-electron chi connectivity index (χ0n) is 30.5. The van der Waals surface area contributed by atoms with Gasteiger partial charge in [-0.25, -0.2) is 8.78 Å². The number of likely N-dealkylation sites (tertiary alicyclic amines) is 1. The number of rotatable bonds is 8. The molecule has 13 heteroatoms. The summed E-state index contributed by atoms with van der Waals surface area (Å²) in [7, 11) is 3.23. The van der Waals surface area contributed by atoms with Gasteiger partial charge in [0.25, 0.3) is 0 Å². The predicted molar refractivity (Wildman–Crippen MR) is 195 cm³/mol. The van der Waals surface area contributed by atoms with E-state index < -0.39 is 23.3 Å². The summed E-state index contributed by atoms with van der Waals surface area (Å²) in [6.07, 6.45) is 13.5. The van der Waals surface area contributed by atoms with E-state index in [0.29, 0.717) is 49.2 Å². The molecule has 53 heavy (non-hydrogen) atoms. The molecular weight excluding hydrogens is 684 g/mol. The zero-order valence-corrected chi connectivity index (χ0v) is 30.5. The monoisotopic (exact) mass is 731 g/mol. The van der Waals surface area contributed by atoms with E-state index in [1.165, 1.54) is 31.4 Å². The third-order valence-electron chi connectivity index (χ3n) is 12.1. The van der Waals surface area contributed by atoms with Crippen molar-refractivity contribution in [1.29, 1.82) is 0 Å². The molecule has 0 bridgehead atoms. The van der Waals surface area contributed by atoms with Crippen LogP contribution in [0.25, 0.3) is 22.5 Å². The molecule has 2 unspecified atom stereocenters. The van der Waals surface area contributed by atoms with Crippen molar-refractivity contribution in [2.24, 2.45) is 5.41 Å². The standard InChI is InChI=1S/C40H47F2N5O6/c1-5-27-29(41)10-9-23-16-25(48)19-28(31(23)27)34-33(42)35-32(37(43-34)51-4)36(46-14-15-52-21-39(2,49)20-46)45-38(44-35)53-22-40-11-6-8-30(40)47(13-7-12-40)24-17-26(18-24)50-3/h1,9-10,16,19,24,26,30,34,43,48-49H,6-8,11-15,17-18,20-22H2,2-4H3/t24?,26?,30?,34?,39-,40+/m0/s1. The largest absolute Gasteiger partial charge is 0.508 e. The number of ether oxygens (including phenoxy) is 4. The number of terminal acetylenes is 1. The van der Waals surface area contributed by atoms with Crippen molar-refractivity contribution in [3.63, 3.8) is 0 Å². The summed E-state index contributed by atoms with van der Waals surface area (Å²) in [5.74, 6) is 1.37. The number of phenolic OH excluding ortho intramolecular Hbond substituents is 1. The fourth-order valence-electron chi connectivity index (χ4n) is 9.48. The third kappa shape index (κ3) is 6.33. The number of hydrogen-bond acceptors (Lipinski definition) is 11. The first kappa shape index (κ1) is 35.8. The molecule has 4 heterocycles. The molecule has 4 atom stereocenters. The molecule has 4 fully saturated rings. The van der Waals surface area contributed by atoms with E-state index in [4.69, 9.17) is 35.3 Å². The Morgan fingerprint density at radius 2 is 1.94 bits per heavy atom. The second kappa shape index (κ2) is 13.9. The van der Waals surface area contributed by atoms with Crippen molar-refractivity contribution in [1.82, 2.24) is 20.2 Å². The molecule has 11 nitrogen and oxygen atoms in total. The lowest BCUT2D eigenvalue weighted by Crippen LogP contribution is -2.59. The number of nitrogens with zero attached hydrogens (tertiary/aromatic N) is 4. The minimum atomic E-state index is -1.27. The molecule has 5 aliphatic rings. The zero-order chi connectivity index (χ0) is 37.1. The highest BCUT2D eigenvalue weighted by Crippen LogP contribution is 2.50. The number of halogens is 2. The number of methoxy groups -OCH3 is 2. The summed E-state index contributed by atoms with van der Waals surface area (Å²) >= 11 is 0. The second-order valence-electron chi connectivity index (χ2n) is 15.6. The quantitative estimate of drug-likeness (QED) is 0.296. The van der Waals surface area contributed by atoms with Crippen LogP contribution in [-0.2, 0) is 14.2 Å². The van der Waals surface area contributed by atoms with Gasteiger partial charge in [0, 0.05) is 36.5 Å². The highest BCUT2D eigenvalue weighted by Gasteiger charge is 2.52. The second-order valence-corrected chi connectivity index (χ2v) is 15.6. The number of phenols is 1. The van der Waals surface area contributed by atoms with Gasteiger partial charge in [-0.3, -0.25) is 4.90 Å². The molecule has 3 aliphatic heterocycles. The SMILES string of the molecule is C#Cc1c(F)ccc2cc(O)cc(C3NC(OC)=c4c(N5CCOC[C@@](C)(O)C5)nc(OC[C@]56CCCC5N(C5CC(OC)C5)CCC6)nc4=C3F)c12. The molecule has 1 aromatic heterocycles. The van der Waals surface area contributed by atoms with Crippen LogP contribution in [0.1, 0.15) is 69.0 Å². The number of anilines is 1. The highest BCUT2D eigenvalue weighted by molar-refractivity contribution is 5.94. The summed E-state index contributed by atoms with van der Waals surface area (Å²) in [4.78, 5) is 14.1. The van der Waals surface area contributed by atoms with Crippen molar-refractivity contribution in [3.8, 4) is 24.1 Å². The molecule has 2 saturated heterocycles. The maximum atomic E-state index is 17.3. The fourth-order valence-corrected chi connectivity index (χ4v) is 9.48. The van der Waals surface area contributed by atoms with E-state index in [0.717, 1.165) is 51.5 Å². The fraction of sp³-hybridized carbons (Fsp3) is 0.550. The van der Waals surface area contributed by atoms with Crippen LogP contribution >= 0.6 is 0 Å². The van der Waals surface area contributed by atoms with Crippen LogP contribution in [0, 0.1) is 23.6 Å². The van der Waals surface area contributed by atoms with E-state index in [1.807, 2.05) is 4.90 Å². The molecule has 3 N–H and O–H groups in total. The van der Waals surface area contributed by atoms with Gasteiger partial charge < -0.3 is 39.4 Å². The Hall–Kier alpha value is -4.22. The van der Waals surface area contributed by atoms with Crippen LogP contribution in [-0.4, -0.2) is 103 Å². The smallest absolute Gasteiger partial charge is 0.319 e. The average Bonchev–Trinajstić information content (AvgIpc) is 3.47. The van der Waals surface area contributed by atoms with Crippen molar-refractivity contribution in [3.05, 3.63) is 51.8 Å². The lowest BCUT2D eigenvalue weighted by Gasteiger charge is -2.53. The van der Waals surface area contributed by atoms with Crippen molar-refractivity contribution in [2.45, 2.75) is 81.7 Å². The number of aromatic nitrogens is 2. The molecule has 282 valence electrons. The summed E-state index contributed by atoms with van der Waals surface area (Å²) in [6.45, 7) is 4.03. The lowest BCUT2D eigenvalue weighted by molar-refractivity contribution is -0.0845. The van der Waals surface area contributed by atoms with Crippen molar-refractivity contribution < 1.29 is 37.9 Å². The van der Waals surface area contributed by atoms with Crippen LogP contribution in [0.2, 0.25) is 0 Å². The Morgan fingerprint density at radius 3 is 2.72 bits per heavy atom. The number of aliphatic hydroxyl groups is 1. The topological polar surface area (TPSA) is 122 Å². The molecule has 3 aromatic rings. The van der Waals surface area contributed by atoms with Crippen LogP contribution in [0.5, 0.6) is 11.8 Å². The molecule has 2 saturated carbocycles. The number of β-amino-alcohol motifs (C(OH)–C–C–N with tert-alkyl or cyclic N) is 1. The predicted octanol–water partition coefficient (Wildman–Crippen LogP) is 3.37. The summed E-state index contributed by atoms with van der Waals surface area (Å²) in [6, 6.07) is 5.14. The molecular formula is C40H47F2N5O6. The van der Waals surface area contributed by atoms with Gasteiger partial charge in [0.05, 0.1) is 45.1 Å². The van der Waals surface area contributed by atoms with E-state index in [9.17, 15) is 10.2 Å². The summed E-state index contributed by atoms with van der Waals surface area (Å²) in [5, 5.41) is 25.9. The summed E-state index contributed by atoms with van der Waals surface area (Å²) in [5.41, 5.74) is -1.16. The molecule has 2 aliphatic carbocycles. The van der Waals surface area contributed by atoms with Crippen LogP contribution in [0.15, 0.2) is 24.3 Å². The normalized spacial score (nSPS) is 30.2. The maximum absolute atomic E-state index is 17.3. The number of nitrogens with one attached hydrogen (secondary N) is 1. The number of aromatic hydroxyl groups is 1. The lowest BCUT2D eigenvalue weighted by atomic mass is 9.73. The van der Waals surface area contributed by atoms with Crippen LogP contribution < -0.4 is 25.5 Å². The van der Waals surface area contributed by atoms with Gasteiger partial charge in [0.1, 0.15) is 39.6 Å². The molecule has 8 rings (SSSR count). The van der Waals surface area contributed by atoms with Gasteiger partial charge in [-0.15, -0.1) is 6.42 Å². The average molecular weight is 732 g/mol. The van der Waals surface area contributed by atoms with Crippen molar-refractivity contribution in [2.75, 3.05) is 58.6 Å². The van der Waals surface area contributed by atoms with Crippen molar-refractivity contribution >= 4 is 28.3 Å². The van der Waals surface area contributed by atoms with Gasteiger partial charge in [-0.1, -0.05) is 18.4 Å². The third-order valence-corrected chi connectivity index (χ3v) is 12.1. The minimum absolute atomic E-state index is 0.00572. The first-order chi connectivity index (χ1) is 25.5. The van der Waals surface area contributed by atoms with Gasteiger partial charge in [-0.05, 0) is 81.1 Å². The summed E-state index contributed by atoms with van der Waals surface area (Å²) < 4.78 is 56.2. The first-order valence-electron chi connectivity index (χ1n) is 18.6. The van der Waals surface area contributed by atoms with Crippen LogP contribution in [0.3, 0.4) is 0 Å². The van der Waals surface area contributed by atoms with E-state index in [2.05, 4.69) is 16.1 Å². The molecule has 2 aromatic carbocycles. The Balaban J connectivity index is 1.24. The number of fused-ring (bicyclic) bond motifs is 3. The Morgan fingerprint density at radius 1 is 1.13 bits per heavy atom. The Labute approximate surface area is 307 Å². The van der Waals surface area contributed by atoms with E-state index in [-0.39, 0.29) is 63.3 Å². The van der Waals surface area contributed by atoms with Gasteiger partial charge in [0.2, 0.25) is 5.88 Å². The van der Waals surface area contributed by atoms with E-state index in [1.54, 1.807) is 14.0 Å². The van der Waals surface area contributed by atoms with Crippen LogP contribution in [0.4, 0.5) is 14.6 Å². The van der Waals surface area contributed by atoms with Gasteiger partial charge >= 0.3 is 6.01 Å². The van der Waals surface area contributed by atoms with Gasteiger partial charge in [-0.2, -0.15) is 9.97 Å². The maximum Gasteiger partial charge on any atom is 0.319 e. The highest BCUT2D eigenvalue weighted by atomic mass is 19.1. The van der Waals surface area contributed by atoms with Gasteiger partial charge in [0.15, 0.2) is 5.83 Å². The number of benzene rings is 2. The number of piperidine rings is 1.